The Kier molecular flexibility index (Phi) is 4.13. The number of nitrogens with one attached hydrogen (secondary N) is 1. The van der Waals surface area contributed by atoms with Gasteiger partial charge in [0.1, 0.15) is 0 Å². The maximum atomic E-state index is 4.26. The highest BCUT2D eigenvalue weighted by Gasteiger charge is 1.99. The van der Waals surface area contributed by atoms with Crippen LogP contribution in [0, 0.1) is 0 Å². The van der Waals surface area contributed by atoms with E-state index in [1.807, 2.05) is 5.51 Å². The minimum atomic E-state index is 0.935. The van der Waals surface area contributed by atoms with Crippen LogP contribution in [0.5, 0.6) is 0 Å². The van der Waals surface area contributed by atoms with Crippen LogP contribution in [0.25, 0.3) is 0 Å². The summed E-state index contributed by atoms with van der Waals surface area (Å²) in [5, 5.41) is 5.55. The van der Waals surface area contributed by atoms with Crippen molar-refractivity contribution in [2.45, 2.75) is 26.4 Å². The van der Waals surface area contributed by atoms with Crippen molar-refractivity contribution in [3.8, 4) is 0 Å². The molecule has 3 nitrogen and oxygen atoms in total. The van der Waals surface area contributed by atoms with Gasteiger partial charge in [0.2, 0.25) is 0 Å². The van der Waals surface area contributed by atoms with Gasteiger partial charge in [-0.15, -0.1) is 11.3 Å². The van der Waals surface area contributed by atoms with Crippen LogP contribution in [0.15, 0.2) is 29.2 Å². The van der Waals surface area contributed by atoms with Gasteiger partial charge in [0.25, 0.3) is 0 Å². The Bertz CT molecular complexity index is 406. The third-order valence-corrected chi connectivity index (χ3v) is 3.25. The van der Waals surface area contributed by atoms with E-state index in [1.165, 1.54) is 11.4 Å². The van der Waals surface area contributed by atoms with Gasteiger partial charge in [-0.05, 0) is 19.1 Å². The highest BCUT2D eigenvalue weighted by Crippen LogP contribution is 2.03. The van der Waals surface area contributed by atoms with Crippen molar-refractivity contribution in [1.82, 2.24) is 14.9 Å². The number of nitrogens with zero attached hydrogens (tertiary/aromatic N) is 2. The average molecular weight is 235 g/mol. The summed E-state index contributed by atoms with van der Waals surface area (Å²) in [6, 6.07) is 4.26. The van der Waals surface area contributed by atoms with E-state index in [4.69, 9.17) is 0 Å². The fourth-order valence-electron chi connectivity index (χ4n) is 1.71. The molecule has 0 unspecified atom stereocenters. The molecule has 0 aromatic carbocycles. The molecule has 0 radical (unpaired) electrons. The second-order valence-electron chi connectivity index (χ2n) is 3.69. The molecule has 2 rings (SSSR count). The Labute approximate surface area is 100 Å². The van der Waals surface area contributed by atoms with E-state index < -0.39 is 0 Å². The fourth-order valence-corrected chi connectivity index (χ4v) is 2.31. The van der Waals surface area contributed by atoms with Gasteiger partial charge in [-0.25, -0.2) is 4.98 Å². The predicted octanol–water partition coefficient (Wildman–Crippen LogP) is 2.30. The Morgan fingerprint density at radius 1 is 1.50 bits per heavy atom. The lowest BCUT2D eigenvalue weighted by molar-refractivity contribution is 0.626. The van der Waals surface area contributed by atoms with Gasteiger partial charge < -0.3 is 9.88 Å². The zero-order valence-electron chi connectivity index (χ0n) is 9.52. The van der Waals surface area contributed by atoms with Gasteiger partial charge >= 0.3 is 0 Å². The summed E-state index contributed by atoms with van der Waals surface area (Å²) in [6.45, 7) is 5.12. The summed E-state index contributed by atoms with van der Waals surface area (Å²) >= 11 is 1.66. The Hall–Kier alpha value is -1.13. The number of thiazole rings is 1. The van der Waals surface area contributed by atoms with Crippen LogP contribution in [0.1, 0.15) is 18.3 Å². The van der Waals surface area contributed by atoms with Gasteiger partial charge in [0.05, 0.1) is 11.2 Å². The molecule has 0 spiro atoms. The normalized spacial score (nSPS) is 10.8. The van der Waals surface area contributed by atoms with Gasteiger partial charge in [-0.1, -0.05) is 0 Å². The van der Waals surface area contributed by atoms with Crippen molar-refractivity contribution in [3.05, 3.63) is 40.6 Å². The summed E-state index contributed by atoms with van der Waals surface area (Å²) in [6.07, 6.45) is 3.13. The molecule has 16 heavy (non-hydrogen) atoms. The van der Waals surface area contributed by atoms with Crippen molar-refractivity contribution in [2.24, 2.45) is 0 Å². The first-order valence-corrected chi connectivity index (χ1v) is 6.56. The van der Waals surface area contributed by atoms with Crippen molar-refractivity contribution < 1.29 is 0 Å². The first kappa shape index (κ1) is 11.4. The standard InChI is InChI=1S/C12H17N3S/c1-2-15-7-3-4-12(15)8-13-6-5-11-9-16-10-14-11/h3-4,7,9-10,13H,2,5-6,8H2,1H3. The fraction of sp³-hybridized carbons (Fsp3) is 0.417. The van der Waals surface area contributed by atoms with Crippen molar-refractivity contribution in [2.75, 3.05) is 6.54 Å². The van der Waals surface area contributed by atoms with Gasteiger partial charge in [-0.2, -0.15) is 0 Å². The third-order valence-electron chi connectivity index (χ3n) is 2.61. The van der Waals surface area contributed by atoms with Crippen molar-refractivity contribution >= 4 is 11.3 Å². The number of rotatable bonds is 6. The van der Waals surface area contributed by atoms with Gasteiger partial charge in [-0.3, -0.25) is 0 Å². The first-order chi connectivity index (χ1) is 7.90. The van der Waals surface area contributed by atoms with E-state index >= 15 is 0 Å². The summed E-state index contributed by atoms with van der Waals surface area (Å²) in [4.78, 5) is 4.26. The van der Waals surface area contributed by atoms with Crippen LogP contribution < -0.4 is 5.32 Å². The molecule has 2 aromatic heterocycles. The molecule has 0 aliphatic rings. The van der Waals surface area contributed by atoms with Gasteiger partial charge in [0, 0.05) is 43.3 Å². The molecule has 0 saturated heterocycles. The maximum Gasteiger partial charge on any atom is 0.0794 e. The van der Waals surface area contributed by atoms with Crippen LogP contribution in [0.3, 0.4) is 0 Å². The lowest BCUT2D eigenvalue weighted by atomic mass is 10.3. The highest BCUT2D eigenvalue weighted by molar-refractivity contribution is 7.07. The number of hydrogen-bond acceptors (Lipinski definition) is 3. The molecular weight excluding hydrogens is 218 g/mol. The number of hydrogen-bond donors (Lipinski definition) is 1. The Morgan fingerprint density at radius 2 is 2.44 bits per heavy atom. The molecule has 4 heteroatoms. The lowest BCUT2D eigenvalue weighted by Crippen LogP contribution is -2.18. The molecule has 0 saturated carbocycles. The summed E-state index contributed by atoms with van der Waals surface area (Å²) in [5.74, 6) is 0. The Balaban J connectivity index is 1.72. The van der Waals surface area contributed by atoms with Crippen molar-refractivity contribution in [1.29, 1.82) is 0 Å². The Morgan fingerprint density at radius 3 is 3.19 bits per heavy atom. The quantitative estimate of drug-likeness (QED) is 0.779. The minimum Gasteiger partial charge on any atom is -0.351 e. The second kappa shape index (κ2) is 5.82. The largest absolute Gasteiger partial charge is 0.351 e. The maximum absolute atomic E-state index is 4.26. The van der Waals surface area contributed by atoms with Crippen LogP contribution in [-0.4, -0.2) is 16.1 Å². The monoisotopic (exact) mass is 235 g/mol. The molecule has 0 bridgehead atoms. The average Bonchev–Trinajstić information content (AvgIpc) is 2.95. The van der Waals surface area contributed by atoms with E-state index in [-0.39, 0.29) is 0 Å². The van der Waals surface area contributed by atoms with Crippen molar-refractivity contribution in [3.63, 3.8) is 0 Å². The topological polar surface area (TPSA) is 29.9 Å². The van der Waals surface area contributed by atoms with Crippen LogP contribution >= 0.6 is 11.3 Å². The van der Waals surface area contributed by atoms with E-state index in [0.717, 1.165) is 26.1 Å². The van der Waals surface area contributed by atoms with Crippen LogP contribution in [0.2, 0.25) is 0 Å². The van der Waals surface area contributed by atoms with Crippen LogP contribution in [-0.2, 0) is 19.5 Å². The molecule has 1 N–H and O–H groups in total. The smallest absolute Gasteiger partial charge is 0.0794 e. The number of aryl methyl sites for hydroxylation is 1. The van der Waals surface area contributed by atoms with E-state index in [0.29, 0.717) is 0 Å². The molecule has 86 valence electrons. The molecule has 0 atom stereocenters. The van der Waals surface area contributed by atoms with E-state index in [1.54, 1.807) is 11.3 Å². The molecule has 0 aliphatic carbocycles. The summed E-state index contributed by atoms with van der Waals surface area (Å²) < 4.78 is 2.26. The first-order valence-electron chi connectivity index (χ1n) is 5.62. The molecule has 0 fully saturated rings. The van der Waals surface area contributed by atoms with E-state index in [2.05, 4.69) is 45.5 Å². The highest BCUT2D eigenvalue weighted by atomic mass is 32.1. The molecule has 0 aliphatic heterocycles. The lowest BCUT2D eigenvalue weighted by Gasteiger charge is -2.07. The second-order valence-corrected chi connectivity index (χ2v) is 4.41. The molecule has 0 amide bonds. The summed E-state index contributed by atoms with van der Waals surface area (Å²) in [7, 11) is 0. The zero-order chi connectivity index (χ0) is 11.2. The van der Waals surface area contributed by atoms with Crippen LogP contribution in [0.4, 0.5) is 0 Å². The van der Waals surface area contributed by atoms with E-state index in [9.17, 15) is 0 Å². The van der Waals surface area contributed by atoms with Gasteiger partial charge in [0.15, 0.2) is 0 Å². The minimum absolute atomic E-state index is 0.935. The molecule has 2 aromatic rings. The number of aromatic nitrogens is 2. The predicted molar refractivity (Wildman–Crippen MR) is 67.6 cm³/mol. The SMILES string of the molecule is CCn1cccc1CNCCc1cscn1. The third kappa shape index (κ3) is 2.93. The zero-order valence-corrected chi connectivity index (χ0v) is 10.3. The molecular formula is C12H17N3S. The molecule has 2 heterocycles. The summed E-state index contributed by atoms with van der Waals surface area (Å²) in [5.41, 5.74) is 4.42.